The SMILES string of the molecule is C=C(C)C1CC[C@]2(COC(=O)CNCCN(C)CCCCO)CC[C@]3(C)C(CCC4[C@@]5(C)CC[C@H](OC(=O)CC)C(C)(C)C5CC[C@]43C)C12. The normalized spacial score (nSPS) is 40.9. The number of carbonyl (C=O) groups excluding carboxylic acids is 2. The first-order valence-electron chi connectivity index (χ1n) is 20.1. The van der Waals surface area contributed by atoms with Crippen molar-refractivity contribution in [3.63, 3.8) is 0 Å². The number of nitrogens with one attached hydrogen (secondary N) is 1. The first kappa shape index (κ1) is 38.8. The van der Waals surface area contributed by atoms with Gasteiger partial charge in [0.1, 0.15) is 6.10 Å². The van der Waals surface area contributed by atoms with Gasteiger partial charge in [-0.2, -0.15) is 0 Å². The van der Waals surface area contributed by atoms with Gasteiger partial charge in [-0.3, -0.25) is 9.59 Å². The Bertz CT molecular complexity index is 1200. The van der Waals surface area contributed by atoms with Gasteiger partial charge in [0, 0.05) is 36.9 Å². The first-order valence-corrected chi connectivity index (χ1v) is 20.1. The van der Waals surface area contributed by atoms with Gasteiger partial charge in [0.25, 0.3) is 0 Å². The lowest BCUT2D eigenvalue weighted by Gasteiger charge is -2.73. The quantitative estimate of drug-likeness (QED) is 0.110. The molecular formula is C42H72N2O5. The van der Waals surface area contributed by atoms with Crippen molar-refractivity contribution < 1.29 is 24.2 Å². The van der Waals surface area contributed by atoms with E-state index in [2.05, 4.69) is 65.4 Å². The maximum absolute atomic E-state index is 13.1. The number of nitrogens with zero attached hydrogens (tertiary/aromatic N) is 1. The number of rotatable bonds is 14. The van der Waals surface area contributed by atoms with Crippen molar-refractivity contribution >= 4 is 11.9 Å². The summed E-state index contributed by atoms with van der Waals surface area (Å²) >= 11 is 0. The van der Waals surface area contributed by atoms with Gasteiger partial charge in [-0.05, 0) is 143 Å². The highest BCUT2D eigenvalue weighted by Crippen LogP contribution is 2.77. The molecule has 7 nitrogen and oxygen atoms in total. The van der Waals surface area contributed by atoms with E-state index in [-0.39, 0.29) is 58.3 Å². The highest BCUT2D eigenvalue weighted by molar-refractivity contribution is 5.71. The predicted octanol–water partition coefficient (Wildman–Crippen LogP) is 7.80. The van der Waals surface area contributed by atoms with Crippen LogP contribution in [0.15, 0.2) is 12.2 Å². The van der Waals surface area contributed by atoms with Gasteiger partial charge in [-0.1, -0.05) is 53.7 Å². The molecular weight excluding hydrogens is 612 g/mol. The fraction of sp³-hybridized carbons (Fsp3) is 0.905. The molecule has 7 heteroatoms. The van der Waals surface area contributed by atoms with Crippen molar-refractivity contribution in [2.75, 3.05) is 46.4 Å². The zero-order valence-electron chi connectivity index (χ0n) is 32.6. The van der Waals surface area contributed by atoms with Crippen molar-refractivity contribution in [2.45, 2.75) is 138 Å². The molecule has 0 aromatic heterocycles. The molecule has 0 heterocycles. The highest BCUT2D eigenvalue weighted by Gasteiger charge is 2.71. The van der Waals surface area contributed by atoms with E-state index < -0.39 is 0 Å². The number of hydrogen-bond acceptors (Lipinski definition) is 7. The fourth-order valence-electron chi connectivity index (χ4n) is 13.3. The molecule has 0 aromatic rings. The van der Waals surface area contributed by atoms with E-state index in [1.807, 2.05) is 6.92 Å². The Labute approximate surface area is 299 Å². The lowest BCUT2D eigenvalue weighted by atomic mass is 9.32. The van der Waals surface area contributed by atoms with Gasteiger partial charge in [-0.25, -0.2) is 0 Å². The number of ether oxygens (including phenoxy) is 2. The molecule has 5 rings (SSSR count). The molecule has 5 fully saturated rings. The van der Waals surface area contributed by atoms with Gasteiger partial charge in [0.2, 0.25) is 0 Å². The van der Waals surface area contributed by atoms with Crippen LogP contribution in [0.3, 0.4) is 0 Å². The molecule has 49 heavy (non-hydrogen) atoms. The number of allylic oxidation sites excluding steroid dienone is 1. The average Bonchev–Trinajstić information content (AvgIpc) is 3.44. The Morgan fingerprint density at radius 2 is 1.63 bits per heavy atom. The molecule has 2 N–H and O–H groups in total. The summed E-state index contributed by atoms with van der Waals surface area (Å²) in [5, 5.41) is 12.3. The molecule has 5 aliphatic carbocycles. The van der Waals surface area contributed by atoms with Crippen LogP contribution in [0.2, 0.25) is 0 Å². The summed E-state index contributed by atoms with van der Waals surface area (Å²) in [6.07, 6.45) is 14.0. The molecule has 0 amide bonds. The zero-order valence-corrected chi connectivity index (χ0v) is 32.6. The summed E-state index contributed by atoms with van der Waals surface area (Å²) in [7, 11) is 2.09. The monoisotopic (exact) mass is 685 g/mol. The van der Waals surface area contributed by atoms with Crippen LogP contribution in [-0.2, 0) is 19.1 Å². The first-order chi connectivity index (χ1) is 23.1. The highest BCUT2D eigenvalue weighted by atomic mass is 16.5. The molecule has 0 aromatic carbocycles. The van der Waals surface area contributed by atoms with Crippen LogP contribution in [0, 0.1) is 56.7 Å². The van der Waals surface area contributed by atoms with Crippen LogP contribution in [0.5, 0.6) is 0 Å². The summed E-state index contributed by atoms with van der Waals surface area (Å²) < 4.78 is 12.3. The summed E-state index contributed by atoms with van der Waals surface area (Å²) in [5.74, 6) is 2.66. The maximum Gasteiger partial charge on any atom is 0.319 e. The van der Waals surface area contributed by atoms with Crippen LogP contribution in [0.25, 0.3) is 0 Å². The van der Waals surface area contributed by atoms with Crippen molar-refractivity contribution in [2.24, 2.45) is 56.7 Å². The van der Waals surface area contributed by atoms with E-state index >= 15 is 0 Å². The standard InChI is InChI=1S/C42H72N2O5/c1-10-35(46)49-34-17-18-39(6)32(38(34,4)5)16-19-41(8)33(39)14-13-31-37-30(29(2)3)15-20-42(37,22-21-40(31,41)7)28-48-36(47)27-43-23-25-44(9)24-11-12-26-45/h30-34,37,43,45H,2,10-28H2,1,3-9H3/t30?,31?,32?,33?,34-,37?,39-,40+,41+,42+/m0/s1. The van der Waals surface area contributed by atoms with E-state index in [0.717, 1.165) is 64.6 Å². The molecule has 5 aliphatic rings. The van der Waals surface area contributed by atoms with E-state index in [4.69, 9.17) is 14.6 Å². The third kappa shape index (κ3) is 6.92. The van der Waals surface area contributed by atoms with Gasteiger partial charge in [0.05, 0.1) is 13.2 Å². The molecule has 5 unspecified atom stereocenters. The van der Waals surface area contributed by atoms with E-state index in [0.29, 0.717) is 42.6 Å². The van der Waals surface area contributed by atoms with Crippen molar-refractivity contribution in [3.8, 4) is 0 Å². The second-order valence-corrected chi connectivity index (χ2v) is 18.8. The predicted molar refractivity (Wildman–Crippen MR) is 197 cm³/mol. The fourth-order valence-corrected chi connectivity index (χ4v) is 13.3. The molecule has 5 saturated carbocycles. The Hall–Kier alpha value is -1.44. The van der Waals surface area contributed by atoms with Crippen LogP contribution < -0.4 is 5.32 Å². The molecule has 280 valence electrons. The van der Waals surface area contributed by atoms with E-state index in [1.165, 1.54) is 37.7 Å². The zero-order chi connectivity index (χ0) is 35.8. The van der Waals surface area contributed by atoms with E-state index in [1.54, 1.807) is 0 Å². The summed E-state index contributed by atoms with van der Waals surface area (Å²) in [6, 6.07) is 0. The molecule has 0 spiro atoms. The van der Waals surface area contributed by atoms with Crippen molar-refractivity contribution in [1.82, 2.24) is 10.2 Å². The number of likely N-dealkylation sites (N-methyl/N-ethyl adjacent to an activating group) is 1. The number of aliphatic hydroxyl groups is 1. The largest absolute Gasteiger partial charge is 0.464 e. The third-order valence-corrected chi connectivity index (χ3v) is 16.1. The lowest BCUT2D eigenvalue weighted by molar-refractivity contribution is -0.252. The van der Waals surface area contributed by atoms with Crippen LogP contribution in [0.1, 0.15) is 132 Å². The van der Waals surface area contributed by atoms with Gasteiger partial charge in [0.15, 0.2) is 0 Å². The number of aliphatic hydroxyl groups excluding tert-OH is 1. The Kier molecular flexibility index (Phi) is 11.8. The average molecular weight is 685 g/mol. The van der Waals surface area contributed by atoms with E-state index in [9.17, 15) is 9.59 Å². The second kappa shape index (κ2) is 14.9. The summed E-state index contributed by atoms with van der Waals surface area (Å²) in [5.41, 5.74) is 2.07. The maximum atomic E-state index is 13.1. The molecule has 0 saturated heterocycles. The molecule has 0 radical (unpaired) electrons. The van der Waals surface area contributed by atoms with Gasteiger partial charge in [-0.15, -0.1) is 0 Å². The number of carbonyl (C=O) groups is 2. The minimum absolute atomic E-state index is 0.0149. The minimum Gasteiger partial charge on any atom is -0.464 e. The molecule has 0 aliphatic heterocycles. The van der Waals surface area contributed by atoms with Gasteiger partial charge < -0.3 is 24.8 Å². The third-order valence-electron chi connectivity index (χ3n) is 16.1. The topological polar surface area (TPSA) is 88.1 Å². The van der Waals surface area contributed by atoms with Crippen molar-refractivity contribution in [3.05, 3.63) is 12.2 Å². The summed E-state index contributed by atoms with van der Waals surface area (Å²) in [6.45, 7) is 25.0. The van der Waals surface area contributed by atoms with Crippen LogP contribution >= 0.6 is 0 Å². The smallest absolute Gasteiger partial charge is 0.319 e. The number of fused-ring (bicyclic) bond motifs is 7. The lowest BCUT2D eigenvalue weighted by Crippen LogP contribution is -2.67. The Balaban J connectivity index is 1.29. The summed E-state index contributed by atoms with van der Waals surface area (Å²) in [4.78, 5) is 27.7. The Morgan fingerprint density at radius 3 is 2.33 bits per heavy atom. The second-order valence-electron chi connectivity index (χ2n) is 18.8. The Morgan fingerprint density at radius 1 is 0.878 bits per heavy atom. The van der Waals surface area contributed by atoms with Gasteiger partial charge >= 0.3 is 11.9 Å². The van der Waals surface area contributed by atoms with Crippen LogP contribution in [-0.4, -0.2) is 74.5 Å². The number of hydrogen-bond donors (Lipinski definition) is 2. The number of esters is 2. The van der Waals surface area contributed by atoms with Crippen molar-refractivity contribution in [1.29, 1.82) is 0 Å². The minimum atomic E-state index is -0.132. The number of unbranched alkanes of at least 4 members (excludes halogenated alkanes) is 1. The molecule has 0 bridgehead atoms. The van der Waals surface area contributed by atoms with Crippen LogP contribution in [0.4, 0.5) is 0 Å². The molecule has 10 atom stereocenters.